The van der Waals surface area contributed by atoms with Gasteiger partial charge in [0.2, 0.25) is 0 Å². The molecule has 1 aromatic carbocycles. The molecule has 3 heteroatoms. The molecule has 0 aromatic heterocycles. The summed E-state index contributed by atoms with van der Waals surface area (Å²) < 4.78 is 4.88. The van der Waals surface area contributed by atoms with Crippen LogP contribution in [-0.2, 0) is 22.5 Å². The van der Waals surface area contributed by atoms with Gasteiger partial charge in [-0.15, -0.1) is 0 Å². The number of benzene rings is 1. The van der Waals surface area contributed by atoms with Crippen molar-refractivity contribution in [3.05, 3.63) is 35.4 Å². The molecule has 106 valence electrons. The van der Waals surface area contributed by atoms with Crippen molar-refractivity contribution in [3.8, 4) is 0 Å². The Bertz CT molecular complexity index is 360. The molecule has 0 fully saturated rings. The average Bonchev–Trinajstić information content (AvgIpc) is 2.42. The van der Waals surface area contributed by atoms with Crippen molar-refractivity contribution in [2.75, 3.05) is 13.2 Å². The number of aryl methyl sites for hydroxylation is 1. The predicted molar refractivity (Wildman–Crippen MR) is 78.0 cm³/mol. The normalized spacial score (nSPS) is 10.4. The fraction of sp³-hybridized carbons (Fsp3) is 0.562. The van der Waals surface area contributed by atoms with Crippen molar-refractivity contribution < 1.29 is 9.53 Å². The summed E-state index contributed by atoms with van der Waals surface area (Å²) in [6.45, 7) is 6.10. The van der Waals surface area contributed by atoms with Crippen molar-refractivity contribution in [1.29, 1.82) is 0 Å². The summed E-state index contributed by atoms with van der Waals surface area (Å²) in [5.74, 6) is -0.186. The van der Waals surface area contributed by atoms with E-state index in [1.54, 1.807) is 0 Å². The minimum atomic E-state index is -0.186. The summed E-state index contributed by atoms with van der Waals surface area (Å²) in [5.41, 5.74) is 2.71. The van der Waals surface area contributed by atoms with Crippen LogP contribution in [0.2, 0.25) is 0 Å². The molecule has 0 unspecified atom stereocenters. The second-order valence-electron chi connectivity index (χ2n) is 4.75. The minimum absolute atomic E-state index is 0.186. The van der Waals surface area contributed by atoms with E-state index in [1.807, 2.05) is 0 Å². The lowest BCUT2D eigenvalue weighted by Crippen LogP contribution is -2.14. The number of hydrogen-bond donors (Lipinski definition) is 1. The molecule has 0 aliphatic heterocycles. The number of hydrogen-bond acceptors (Lipinski definition) is 3. The van der Waals surface area contributed by atoms with Gasteiger partial charge in [-0.3, -0.25) is 4.79 Å². The Labute approximate surface area is 116 Å². The van der Waals surface area contributed by atoms with Crippen molar-refractivity contribution in [3.63, 3.8) is 0 Å². The third kappa shape index (κ3) is 7.62. The highest BCUT2D eigenvalue weighted by Gasteiger charge is 1.95. The maximum atomic E-state index is 10.5. The summed E-state index contributed by atoms with van der Waals surface area (Å²) in [4.78, 5) is 10.5. The lowest BCUT2D eigenvalue weighted by molar-refractivity contribution is -0.141. The molecule has 1 aromatic rings. The largest absolute Gasteiger partial charge is 0.466 e. The van der Waals surface area contributed by atoms with Crippen molar-refractivity contribution in [2.45, 2.75) is 46.1 Å². The van der Waals surface area contributed by atoms with Crippen LogP contribution in [0.3, 0.4) is 0 Å². The van der Waals surface area contributed by atoms with Gasteiger partial charge in [0.15, 0.2) is 0 Å². The fourth-order valence-electron chi connectivity index (χ4n) is 1.87. The summed E-state index contributed by atoms with van der Waals surface area (Å²) in [6.07, 6.45) is 4.26. The molecular weight excluding hydrogens is 238 g/mol. The maximum Gasteiger partial charge on any atom is 0.302 e. The van der Waals surface area contributed by atoms with Crippen LogP contribution in [0.1, 0.15) is 44.2 Å². The van der Waals surface area contributed by atoms with Gasteiger partial charge >= 0.3 is 5.97 Å². The van der Waals surface area contributed by atoms with Gasteiger partial charge in [0.05, 0.1) is 6.61 Å². The number of rotatable bonds is 9. The first-order valence-corrected chi connectivity index (χ1v) is 7.14. The van der Waals surface area contributed by atoms with Crippen molar-refractivity contribution in [1.82, 2.24) is 5.32 Å². The number of esters is 1. The van der Waals surface area contributed by atoms with Gasteiger partial charge in [-0.1, -0.05) is 31.2 Å². The first-order chi connectivity index (χ1) is 9.22. The monoisotopic (exact) mass is 263 g/mol. The van der Waals surface area contributed by atoms with E-state index in [4.69, 9.17) is 4.74 Å². The molecule has 19 heavy (non-hydrogen) atoms. The Balaban J connectivity index is 1.99. The zero-order valence-corrected chi connectivity index (χ0v) is 12.1. The zero-order valence-electron chi connectivity index (χ0n) is 12.1. The summed E-state index contributed by atoms with van der Waals surface area (Å²) >= 11 is 0. The Morgan fingerprint density at radius 2 is 1.79 bits per heavy atom. The zero-order chi connectivity index (χ0) is 13.9. The molecule has 0 atom stereocenters. The molecule has 0 bridgehead atoms. The van der Waals surface area contributed by atoms with E-state index >= 15 is 0 Å². The lowest BCUT2D eigenvalue weighted by Gasteiger charge is -2.06. The molecule has 3 nitrogen and oxygen atoms in total. The molecule has 0 aliphatic rings. The SMILES string of the molecule is CCc1ccc(CNCCCCCOC(C)=O)cc1. The molecule has 0 aliphatic carbocycles. The van der Waals surface area contributed by atoms with E-state index in [2.05, 4.69) is 36.5 Å². The topological polar surface area (TPSA) is 38.3 Å². The van der Waals surface area contributed by atoms with Crippen LogP contribution in [0, 0.1) is 0 Å². The van der Waals surface area contributed by atoms with Gasteiger partial charge < -0.3 is 10.1 Å². The van der Waals surface area contributed by atoms with Crippen LogP contribution in [0.25, 0.3) is 0 Å². The molecule has 1 N–H and O–H groups in total. The molecule has 0 heterocycles. The van der Waals surface area contributed by atoms with Gasteiger partial charge in [-0.05, 0) is 43.4 Å². The molecular formula is C16H25NO2. The average molecular weight is 263 g/mol. The highest BCUT2D eigenvalue weighted by atomic mass is 16.5. The fourth-order valence-corrected chi connectivity index (χ4v) is 1.87. The van der Waals surface area contributed by atoms with Crippen LogP contribution < -0.4 is 5.32 Å². The molecule has 0 radical (unpaired) electrons. The smallest absolute Gasteiger partial charge is 0.302 e. The van der Waals surface area contributed by atoms with Gasteiger partial charge in [0, 0.05) is 13.5 Å². The first kappa shape index (κ1) is 15.7. The number of nitrogens with one attached hydrogen (secondary N) is 1. The van der Waals surface area contributed by atoms with Crippen LogP contribution in [-0.4, -0.2) is 19.1 Å². The van der Waals surface area contributed by atoms with Crippen molar-refractivity contribution >= 4 is 5.97 Å². The van der Waals surface area contributed by atoms with Gasteiger partial charge in [0.1, 0.15) is 0 Å². The highest BCUT2D eigenvalue weighted by Crippen LogP contribution is 2.04. The predicted octanol–water partition coefficient (Wildman–Crippen LogP) is 3.07. The van der Waals surface area contributed by atoms with Crippen LogP contribution in [0.15, 0.2) is 24.3 Å². The van der Waals surface area contributed by atoms with E-state index in [0.29, 0.717) is 6.61 Å². The Hall–Kier alpha value is -1.35. The van der Waals surface area contributed by atoms with Crippen LogP contribution >= 0.6 is 0 Å². The minimum Gasteiger partial charge on any atom is -0.466 e. The van der Waals surface area contributed by atoms with E-state index in [1.165, 1.54) is 18.1 Å². The molecule has 1 rings (SSSR count). The molecule has 0 amide bonds. The Morgan fingerprint density at radius 1 is 1.11 bits per heavy atom. The summed E-state index contributed by atoms with van der Waals surface area (Å²) in [7, 11) is 0. The van der Waals surface area contributed by atoms with Gasteiger partial charge in [-0.2, -0.15) is 0 Å². The van der Waals surface area contributed by atoms with Gasteiger partial charge in [0.25, 0.3) is 0 Å². The number of carbonyl (C=O) groups excluding carboxylic acids is 1. The maximum absolute atomic E-state index is 10.5. The Kier molecular flexibility index (Phi) is 7.91. The third-order valence-corrected chi connectivity index (χ3v) is 3.06. The summed E-state index contributed by atoms with van der Waals surface area (Å²) in [5, 5.41) is 3.43. The van der Waals surface area contributed by atoms with Crippen LogP contribution in [0.5, 0.6) is 0 Å². The molecule has 0 spiro atoms. The number of carbonyl (C=O) groups is 1. The van der Waals surface area contributed by atoms with E-state index in [-0.39, 0.29) is 5.97 Å². The molecule has 0 saturated carbocycles. The Morgan fingerprint density at radius 3 is 2.42 bits per heavy atom. The third-order valence-electron chi connectivity index (χ3n) is 3.06. The second-order valence-corrected chi connectivity index (χ2v) is 4.75. The van der Waals surface area contributed by atoms with E-state index < -0.39 is 0 Å². The first-order valence-electron chi connectivity index (χ1n) is 7.14. The lowest BCUT2D eigenvalue weighted by atomic mass is 10.1. The van der Waals surface area contributed by atoms with E-state index in [9.17, 15) is 4.79 Å². The molecule has 0 saturated heterocycles. The summed E-state index contributed by atoms with van der Waals surface area (Å²) in [6, 6.07) is 8.76. The second kappa shape index (κ2) is 9.56. The highest BCUT2D eigenvalue weighted by molar-refractivity contribution is 5.65. The van der Waals surface area contributed by atoms with Crippen molar-refractivity contribution in [2.24, 2.45) is 0 Å². The quantitative estimate of drug-likeness (QED) is 0.549. The van der Waals surface area contributed by atoms with Gasteiger partial charge in [-0.25, -0.2) is 0 Å². The number of unbranched alkanes of at least 4 members (excludes halogenated alkanes) is 2. The standard InChI is InChI=1S/C16H25NO2/c1-3-15-7-9-16(10-8-15)13-17-11-5-4-6-12-19-14(2)18/h7-10,17H,3-6,11-13H2,1-2H3. The van der Waals surface area contributed by atoms with E-state index in [0.717, 1.165) is 38.8 Å². The number of ether oxygens (including phenoxy) is 1. The van der Waals surface area contributed by atoms with Crippen LogP contribution in [0.4, 0.5) is 0 Å².